The summed E-state index contributed by atoms with van der Waals surface area (Å²) in [6.07, 6.45) is 0. The molecule has 0 aliphatic carbocycles. The van der Waals surface area contributed by atoms with Crippen LogP contribution in [0, 0.1) is 6.92 Å². The Morgan fingerprint density at radius 3 is 2.68 bits per heavy atom. The standard InChI is InChI=1S/C17H22N6O4S/c1-4-18-16-21-11(2)9-15(22-16)19-7-8-20-28(25,26)12-5-6-14-13(10-12)23(3)17(24)27-14/h5-6,9-10,20H,4,7-8H2,1-3H3,(H2,18,19,21,22). The number of anilines is 2. The van der Waals surface area contributed by atoms with Crippen LogP contribution in [0.15, 0.2) is 38.4 Å². The van der Waals surface area contributed by atoms with E-state index in [1.807, 2.05) is 13.8 Å². The molecular formula is C17H22N6O4S. The van der Waals surface area contributed by atoms with Gasteiger partial charge in [0.1, 0.15) is 5.82 Å². The van der Waals surface area contributed by atoms with Crippen LogP contribution in [-0.2, 0) is 17.1 Å². The molecule has 10 nitrogen and oxygen atoms in total. The highest BCUT2D eigenvalue weighted by Crippen LogP contribution is 2.17. The molecule has 0 bridgehead atoms. The first-order valence-electron chi connectivity index (χ1n) is 8.73. The normalized spacial score (nSPS) is 11.7. The van der Waals surface area contributed by atoms with E-state index in [9.17, 15) is 13.2 Å². The van der Waals surface area contributed by atoms with Gasteiger partial charge in [-0.15, -0.1) is 0 Å². The molecular weight excluding hydrogens is 384 g/mol. The van der Waals surface area contributed by atoms with Crippen molar-refractivity contribution in [2.24, 2.45) is 7.05 Å². The zero-order valence-electron chi connectivity index (χ0n) is 15.8. The molecule has 0 unspecified atom stereocenters. The third-order valence-electron chi connectivity index (χ3n) is 3.99. The Morgan fingerprint density at radius 1 is 1.14 bits per heavy atom. The number of oxazole rings is 1. The molecule has 2 aromatic heterocycles. The van der Waals surface area contributed by atoms with Crippen LogP contribution in [0.4, 0.5) is 11.8 Å². The van der Waals surface area contributed by atoms with E-state index in [4.69, 9.17) is 4.42 Å². The van der Waals surface area contributed by atoms with Gasteiger partial charge >= 0.3 is 5.76 Å². The zero-order chi connectivity index (χ0) is 20.3. The molecule has 28 heavy (non-hydrogen) atoms. The van der Waals surface area contributed by atoms with Crippen molar-refractivity contribution in [3.63, 3.8) is 0 Å². The van der Waals surface area contributed by atoms with Crippen molar-refractivity contribution in [2.45, 2.75) is 18.7 Å². The Balaban J connectivity index is 1.64. The summed E-state index contributed by atoms with van der Waals surface area (Å²) in [5, 5.41) is 6.11. The summed E-state index contributed by atoms with van der Waals surface area (Å²) in [5.74, 6) is 0.584. The first-order valence-corrected chi connectivity index (χ1v) is 10.2. The first kappa shape index (κ1) is 19.8. The maximum Gasteiger partial charge on any atom is 0.419 e. The second-order valence-corrected chi connectivity index (χ2v) is 7.90. The van der Waals surface area contributed by atoms with E-state index >= 15 is 0 Å². The van der Waals surface area contributed by atoms with Crippen LogP contribution >= 0.6 is 0 Å². The number of hydrogen-bond acceptors (Lipinski definition) is 8. The average molecular weight is 406 g/mol. The van der Waals surface area contributed by atoms with Gasteiger partial charge in [-0.25, -0.2) is 22.9 Å². The minimum Gasteiger partial charge on any atom is -0.408 e. The average Bonchev–Trinajstić information content (AvgIpc) is 2.92. The van der Waals surface area contributed by atoms with Gasteiger partial charge in [0.05, 0.1) is 10.4 Å². The van der Waals surface area contributed by atoms with Gasteiger partial charge in [0.15, 0.2) is 5.58 Å². The number of aromatic nitrogens is 3. The highest BCUT2D eigenvalue weighted by molar-refractivity contribution is 7.89. The lowest BCUT2D eigenvalue weighted by atomic mass is 10.3. The third-order valence-corrected chi connectivity index (χ3v) is 5.44. The van der Waals surface area contributed by atoms with Crippen LogP contribution in [-0.4, -0.2) is 42.6 Å². The van der Waals surface area contributed by atoms with Crippen LogP contribution in [0.25, 0.3) is 11.1 Å². The van der Waals surface area contributed by atoms with Crippen molar-refractivity contribution in [3.05, 3.63) is 40.5 Å². The lowest BCUT2D eigenvalue weighted by Gasteiger charge is -2.10. The molecule has 1 aromatic carbocycles. The number of benzene rings is 1. The van der Waals surface area contributed by atoms with Crippen molar-refractivity contribution in [2.75, 3.05) is 30.3 Å². The molecule has 0 amide bonds. The van der Waals surface area contributed by atoms with Gasteiger partial charge in [0.2, 0.25) is 16.0 Å². The van der Waals surface area contributed by atoms with Crippen LogP contribution in [0.1, 0.15) is 12.6 Å². The Hall–Kier alpha value is -2.92. The molecule has 0 saturated carbocycles. The number of fused-ring (bicyclic) bond motifs is 1. The molecule has 0 atom stereocenters. The fourth-order valence-electron chi connectivity index (χ4n) is 2.63. The highest BCUT2D eigenvalue weighted by Gasteiger charge is 2.16. The van der Waals surface area contributed by atoms with E-state index in [-0.39, 0.29) is 11.4 Å². The maximum atomic E-state index is 12.5. The Kier molecular flexibility index (Phi) is 5.66. The van der Waals surface area contributed by atoms with E-state index < -0.39 is 15.8 Å². The van der Waals surface area contributed by atoms with Crippen LogP contribution in [0.3, 0.4) is 0 Å². The summed E-state index contributed by atoms with van der Waals surface area (Å²) >= 11 is 0. The molecule has 0 fully saturated rings. The van der Waals surface area contributed by atoms with Crippen molar-refractivity contribution in [3.8, 4) is 0 Å². The molecule has 150 valence electrons. The highest BCUT2D eigenvalue weighted by atomic mass is 32.2. The molecule has 0 aliphatic rings. The van der Waals surface area contributed by atoms with Gasteiger partial charge in [-0.3, -0.25) is 4.57 Å². The van der Waals surface area contributed by atoms with Crippen LogP contribution < -0.4 is 21.1 Å². The molecule has 0 aliphatic heterocycles. The monoisotopic (exact) mass is 406 g/mol. The summed E-state index contributed by atoms with van der Waals surface area (Å²) in [6, 6.07) is 6.06. The fourth-order valence-corrected chi connectivity index (χ4v) is 3.68. The van der Waals surface area contributed by atoms with E-state index in [2.05, 4.69) is 25.3 Å². The SMILES string of the molecule is CCNc1nc(C)cc(NCCNS(=O)(=O)c2ccc3oc(=O)n(C)c3c2)n1. The number of sulfonamides is 1. The smallest absolute Gasteiger partial charge is 0.408 e. The van der Waals surface area contributed by atoms with E-state index in [0.29, 0.717) is 36.0 Å². The summed E-state index contributed by atoms with van der Waals surface area (Å²) in [5.41, 5.74) is 1.55. The molecule has 3 aromatic rings. The second kappa shape index (κ2) is 7.98. The summed E-state index contributed by atoms with van der Waals surface area (Å²) < 4.78 is 33.8. The minimum atomic E-state index is -3.73. The van der Waals surface area contributed by atoms with E-state index in [0.717, 1.165) is 5.69 Å². The van der Waals surface area contributed by atoms with Crippen molar-refractivity contribution >= 4 is 32.9 Å². The maximum absolute atomic E-state index is 12.5. The Morgan fingerprint density at radius 2 is 1.93 bits per heavy atom. The first-order chi connectivity index (χ1) is 13.3. The van der Waals surface area contributed by atoms with Gasteiger partial charge in [-0.05, 0) is 32.0 Å². The molecule has 2 heterocycles. The minimum absolute atomic E-state index is 0.0590. The molecule has 3 N–H and O–H groups in total. The fraction of sp³-hybridized carbons (Fsp3) is 0.353. The zero-order valence-corrected chi connectivity index (χ0v) is 16.6. The molecule has 0 saturated heterocycles. The summed E-state index contributed by atoms with van der Waals surface area (Å²) in [4.78, 5) is 20.2. The third kappa shape index (κ3) is 4.31. The number of nitrogens with zero attached hydrogens (tertiary/aromatic N) is 3. The van der Waals surface area contributed by atoms with Gasteiger partial charge in [-0.1, -0.05) is 0 Å². The number of nitrogens with one attached hydrogen (secondary N) is 3. The predicted molar refractivity (Wildman–Crippen MR) is 106 cm³/mol. The predicted octanol–water partition coefficient (Wildman–Crippen LogP) is 1.05. The summed E-state index contributed by atoms with van der Waals surface area (Å²) in [7, 11) is -2.21. The number of aryl methyl sites for hydroxylation is 2. The number of rotatable bonds is 8. The topological polar surface area (TPSA) is 131 Å². The Bertz CT molecular complexity index is 1150. The molecule has 0 spiro atoms. The molecule has 11 heteroatoms. The van der Waals surface area contributed by atoms with Crippen LogP contribution in [0.2, 0.25) is 0 Å². The lowest BCUT2D eigenvalue weighted by Crippen LogP contribution is -2.29. The largest absolute Gasteiger partial charge is 0.419 e. The van der Waals surface area contributed by atoms with Gasteiger partial charge in [0, 0.05) is 38.4 Å². The Labute approximate surface area is 162 Å². The van der Waals surface area contributed by atoms with Crippen LogP contribution in [0.5, 0.6) is 0 Å². The van der Waals surface area contributed by atoms with Crippen molar-refractivity contribution in [1.82, 2.24) is 19.3 Å². The molecule has 0 radical (unpaired) electrons. The van der Waals surface area contributed by atoms with E-state index in [1.54, 1.807) is 6.07 Å². The quantitative estimate of drug-likeness (QED) is 0.473. The number of hydrogen-bond donors (Lipinski definition) is 3. The van der Waals surface area contributed by atoms with Gasteiger partial charge in [-0.2, -0.15) is 4.98 Å². The summed E-state index contributed by atoms with van der Waals surface area (Å²) in [6.45, 7) is 5.01. The lowest BCUT2D eigenvalue weighted by molar-refractivity contribution is 0.528. The van der Waals surface area contributed by atoms with E-state index in [1.165, 1.54) is 29.8 Å². The van der Waals surface area contributed by atoms with Gasteiger partial charge in [0.25, 0.3) is 0 Å². The second-order valence-electron chi connectivity index (χ2n) is 6.13. The van der Waals surface area contributed by atoms with Crippen molar-refractivity contribution < 1.29 is 12.8 Å². The molecule has 3 rings (SSSR count). The van der Waals surface area contributed by atoms with Crippen molar-refractivity contribution in [1.29, 1.82) is 0 Å². The van der Waals surface area contributed by atoms with Gasteiger partial charge < -0.3 is 15.1 Å².